The summed E-state index contributed by atoms with van der Waals surface area (Å²) < 4.78 is 21.4. The van der Waals surface area contributed by atoms with Gasteiger partial charge in [-0.05, 0) is 18.1 Å². The van der Waals surface area contributed by atoms with E-state index in [9.17, 15) is 0 Å². The summed E-state index contributed by atoms with van der Waals surface area (Å²) in [5.41, 5.74) is 8.12. The molecule has 1 aromatic rings. The monoisotopic (exact) mass is 297 g/mol. The van der Waals surface area contributed by atoms with E-state index in [0.29, 0.717) is 46.2 Å². The first kappa shape index (κ1) is 18.1. The summed E-state index contributed by atoms with van der Waals surface area (Å²) in [7, 11) is 1.65. The fourth-order valence-electron chi connectivity index (χ4n) is 1.95. The molecule has 1 unspecified atom stereocenters. The molecule has 0 aromatic heterocycles. The zero-order chi connectivity index (χ0) is 15.3. The van der Waals surface area contributed by atoms with Crippen LogP contribution in [0.4, 0.5) is 0 Å². The first-order chi connectivity index (χ1) is 10.3. The number of benzene rings is 1. The van der Waals surface area contributed by atoms with Crippen molar-refractivity contribution in [2.24, 2.45) is 5.73 Å². The van der Waals surface area contributed by atoms with Crippen LogP contribution in [0.1, 0.15) is 17.2 Å². The highest BCUT2D eigenvalue weighted by molar-refractivity contribution is 5.27. The molecule has 1 atom stereocenters. The summed E-state index contributed by atoms with van der Waals surface area (Å²) in [4.78, 5) is 0. The third kappa shape index (κ3) is 7.55. The fourth-order valence-corrected chi connectivity index (χ4v) is 1.95. The lowest BCUT2D eigenvalue weighted by molar-refractivity contribution is -0.0149. The maximum Gasteiger partial charge on any atom is 0.0950 e. The summed E-state index contributed by atoms with van der Waals surface area (Å²) in [6.45, 7) is 5.92. The number of nitrogens with two attached hydrogens (primary N) is 1. The Morgan fingerprint density at radius 2 is 1.57 bits per heavy atom. The number of hydrogen-bond donors (Lipinski definition) is 1. The highest BCUT2D eigenvalue weighted by Gasteiger charge is 2.11. The minimum atomic E-state index is -0.0762. The molecular weight excluding hydrogens is 270 g/mol. The summed E-state index contributed by atoms with van der Waals surface area (Å²) in [5.74, 6) is 0. The molecule has 5 heteroatoms. The van der Waals surface area contributed by atoms with Gasteiger partial charge in [-0.3, -0.25) is 0 Å². The molecule has 0 fully saturated rings. The molecule has 0 amide bonds. The molecule has 0 radical (unpaired) electrons. The van der Waals surface area contributed by atoms with Gasteiger partial charge in [0.1, 0.15) is 0 Å². The average Bonchev–Trinajstić information content (AvgIpc) is 2.50. The second-order valence-electron chi connectivity index (χ2n) is 4.67. The van der Waals surface area contributed by atoms with Gasteiger partial charge in [-0.1, -0.05) is 24.3 Å². The van der Waals surface area contributed by atoms with Gasteiger partial charge in [0.05, 0.1) is 45.7 Å². The van der Waals surface area contributed by atoms with Crippen LogP contribution in [-0.4, -0.2) is 53.3 Å². The number of methoxy groups -OCH3 is 1. The van der Waals surface area contributed by atoms with E-state index in [-0.39, 0.29) is 6.10 Å². The lowest BCUT2D eigenvalue weighted by Crippen LogP contribution is -2.19. The number of rotatable bonds is 12. The van der Waals surface area contributed by atoms with Gasteiger partial charge >= 0.3 is 0 Å². The fraction of sp³-hybridized carbons (Fsp3) is 0.625. The van der Waals surface area contributed by atoms with Gasteiger partial charge in [0.15, 0.2) is 0 Å². The van der Waals surface area contributed by atoms with E-state index < -0.39 is 0 Å². The van der Waals surface area contributed by atoms with Gasteiger partial charge in [-0.15, -0.1) is 0 Å². The minimum Gasteiger partial charge on any atom is -0.382 e. The molecule has 0 saturated heterocycles. The maximum atomic E-state index is 5.79. The molecule has 0 heterocycles. The summed E-state index contributed by atoms with van der Waals surface area (Å²) >= 11 is 0. The third-order valence-electron chi connectivity index (χ3n) is 3.10. The van der Waals surface area contributed by atoms with Crippen molar-refractivity contribution in [3.63, 3.8) is 0 Å². The van der Waals surface area contributed by atoms with Crippen LogP contribution in [0.3, 0.4) is 0 Å². The van der Waals surface area contributed by atoms with Crippen molar-refractivity contribution in [3.05, 3.63) is 35.4 Å². The predicted octanol–water partition coefficient (Wildman–Crippen LogP) is 1.69. The summed E-state index contributed by atoms with van der Waals surface area (Å²) in [6.07, 6.45) is -0.0762. The molecular formula is C16H27NO4. The third-order valence-corrected chi connectivity index (χ3v) is 3.10. The van der Waals surface area contributed by atoms with Crippen molar-refractivity contribution < 1.29 is 18.9 Å². The van der Waals surface area contributed by atoms with Gasteiger partial charge in [0, 0.05) is 13.7 Å². The van der Waals surface area contributed by atoms with E-state index in [1.165, 1.54) is 5.56 Å². The van der Waals surface area contributed by atoms with Gasteiger partial charge in [0.25, 0.3) is 0 Å². The van der Waals surface area contributed by atoms with E-state index in [4.69, 9.17) is 24.7 Å². The minimum absolute atomic E-state index is 0.0762. The number of aryl methyl sites for hydroxylation is 1. The molecule has 5 nitrogen and oxygen atoms in total. The van der Waals surface area contributed by atoms with Gasteiger partial charge < -0.3 is 24.7 Å². The van der Waals surface area contributed by atoms with Crippen molar-refractivity contribution >= 4 is 0 Å². The highest BCUT2D eigenvalue weighted by Crippen LogP contribution is 2.19. The Hall–Kier alpha value is -0.980. The van der Waals surface area contributed by atoms with Crippen LogP contribution in [0.2, 0.25) is 0 Å². The Kier molecular flexibility index (Phi) is 10.0. The highest BCUT2D eigenvalue weighted by atomic mass is 16.6. The Morgan fingerprint density at radius 1 is 0.952 bits per heavy atom. The summed E-state index contributed by atoms with van der Waals surface area (Å²) in [6, 6.07) is 8.13. The van der Waals surface area contributed by atoms with Crippen LogP contribution in [0.5, 0.6) is 0 Å². The number of hydrogen-bond acceptors (Lipinski definition) is 5. The van der Waals surface area contributed by atoms with Crippen LogP contribution < -0.4 is 5.73 Å². The molecule has 0 aliphatic rings. The topological polar surface area (TPSA) is 62.9 Å². The molecule has 0 saturated carbocycles. The molecule has 120 valence electrons. The molecule has 1 aromatic carbocycles. The van der Waals surface area contributed by atoms with E-state index in [0.717, 1.165) is 5.56 Å². The zero-order valence-corrected chi connectivity index (χ0v) is 13.0. The SMILES string of the molecule is COCCOCCOCCOC(CN)c1ccccc1C. The zero-order valence-electron chi connectivity index (χ0n) is 13.0. The van der Waals surface area contributed by atoms with Gasteiger partial charge in [0.2, 0.25) is 0 Å². The molecule has 0 bridgehead atoms. The molecule has 1 rings (SSSR count). The Balaban J connectivity index is 2.12. The van der Waals surface area contributed by atoms with Gasteiger partial charge in [-0.25, -0.2) is 0 Å². The van der Waals surface area contributed by atoms with Crippen LogP contribution in [0, 0.1) is 6.92 Å². The Labute approximate surface area is 127 Å². The van der Waals surface area contributed by atoms with Crippen LogP contribution in [-0.2, 0) is 18.9 Å². The molecule has 0 aliphatic carbocycles. The van der Waals surface area contributed by atoms with Gasteiger partial charge in [-0.2, -0.15) is 0 Å². The molecule has 0 aliphatic heterocycles. The van der Waals surface area contributed by atoms with Crippen molar-refractivity contribution in [2.45, 2.75) is 13.0 Å². The van der Waals surface area contributed by atoms with E-state index in [1.807, 2.05) is 12.1 Å². The van der Waals surface area contributed by atoms with E-state index >= 15 is 0 Å². The van der Waals surface area contributed by atoms with Crippen molar-refractivity contribution in [2.75, 3.05) is 53.3 Å². The molecule has 21 heavy (non-hydrogen) atoms. The smallest absolute Gasteiger partial charge is 0.0950 e. The summed E-state index contributed by atoms with van der Waals surface area (Å²) in [5, 5.41) is 0. The second-order valence-corrected chi connectivity index (χ2v) is 4.67. The van der Waals surface area contributed by atoms with Crippen molar-refractivity contribution in [1.82, 2.24) is 0 Å². The lowest BCUT2D eigenvalue weighted by Gasteiger charge is -2.18. The van der Waals surface area contributed by atoms with Crippen molar-refractivity contribution in [3.8, 4) is 0 Å². The van der Waals surface area contributed by atoms with Crippen LogP contribution >= 0.6 is 0 Å². The maximum absolute atomic E-state index is 5.79. The standard InChI is InChI=1S/C16H27NO4/c1-14-5-3-4-6-15(14)16(13-17)21-12-11-20-10-9-19-8-7-18-2/h3-6,16H,7-13,17H2,1-2H3. The first-order valence-corrected chi connectivity index (χ1v) is 7.31. The normalized spacial score (nSPS) is 12.5. The van der Waals surface area contributed by atoms with Crippen LogP contribution in [0.25, 0.3) is 0 Å². The first-order valence-electron chi connectivity index (χ1n) is 7.31. The quantitative estimate of drug-likeness (QED) is 0.595. The largest absolute Gasteiger partial charge is 0.382 e. The number of ether oxygens (including phenoxy) is 4. The van der Waals surface area contributed by atoms with E-state index in [2.05, 4.69) is 19.1 Å². The Morgan fingerprint density at radius 3 is 2.19 bits per heavy atom. The lowest BCUT2D eigenvalue weighted by atomic mass is 10.0. The van der Waals surface area contributed by atoms with Crippen molar-refractivity contribution in [1.29, 1.82) is 0 Å². The second kappa shape index (κ2) is 11.7. The molecule has 2 N–H and O–H groups in total. The molecule has 0 spiro atoms. The van der Waals surface area contributed by atoms with E-state index in [1.54, 1.807) is 7.11 Å². The predicted molar refractivity (Wildman–Crippen MR) is 82.4 cm³/mol. The average molecular weight is 297 g/mol. The Bertz CT molecular complexity index is 373. The van der Waals surface area contributed by atoms with Crippen LogP contribution in [0.15, 0.2) is 24.3 Å².